The Labute approximate surface area is 85.4 Å². The van der Waals surface area contributed by atoms with Crippen LogP contribution in [0.4, 0.5) is 5.69 Å². The van der Waals surface area contributed by atoms with Crippen LogP contribution in [0.5, 0.6) is 0 Å². The number of fused-ring (bicyclic) bond motifs is 1. The van der Waals surface area contributed by atoms with Crippen LogP contribution < -0.4 is 19.8 Å². The average molecular weight is 290 g/mol. The molecule has 0 amide bonds. The van der Waals surface area contributed by atoms with E-state index >= 15 is 0 Å². The fourth-order valence-electron chi connectivity index (χ4n) is 1.24. The van der Waals surface area contributed by atoms with E-state index < -0.39 is 0 Å². The van der Waals surface area contributed by atoms with Crippen molar-refractivity contribution in [3.63, 3.8) is 0 Å². The molecule has 1 aromatic carbocycles. The van der Waals surface area contributed by atoms with Crippen molar-refractivity contribution in [2.24, 2.45) is 4.99 Å². The van der Waals surface area contributed by atoms with Gasteiger partial charge in [0.2, 0.25) is 0 Å². The summed E-state index contributed by atoms with van der Waals surface area (Å²) in [5.74, 6) is 0. The van der Waals surface area contributed by atoms with Crippen LogP contribution >= 0.6 is 8.93 Å². The Morgan fingerprint density at radius 1 is 1.42 bits per heavy atom. The van der Waals surface area contributed by atoms with Gasteiger partial charge in [-0.2, -0.15) is 0 Å². The summed E-state index contributed by atoms with van der Waals surface area (Å²) in [4.78, 5) is 6.82. The zero-order valence-corrected chi connectivity index (χ0v) is 9.72. The molecule has 0 aromatic heterocycles. The Kier molecular flexibility index (Phi) is 2.70. The van der Waals surface area contributed by atoms with Gasteiger partial charge in [-0.05, 0) is 0 Å². The number of nitrogens with zero attached hydrogens (tertiary/aromatic N) is 1. The summed E-state index contributed by atoms with van der Waals surface area (Å²) < 4.78 is 0. The molecule has 0 atom stereocenters. The Bertz CT molecular complexity index is 322. The molecule has 0 N–H and O–H groups in total. The van der Waals surface area contributed by atoms with Gasteiger partial charge in [-0.1, -0.05) is 0 Å². The van der Waals surface area contributed by atoms with Crippen molar-refractivity contribution in [1.82, 2.24) is 0 Å². The molecule has 0 saturated carbocycles. The third kappa shape index (κ3) is 1.66. The van der Waals surface area contributed by atoms with Crippen molar-refractivity contribution in [2.75, 3.05) is 4.93 Å². The molecule has 3 heteroatoms. The van der Waals surface area contributed by atoms with E-state index in [2.05, 4.69) is 34.2 Å². The van der Waals surface area contributed by atoms with Gasteiger partial charge >= 0.3 is 85.7 Å². The zero-order valence-electron chi connectivity index (χ0n) is 6.75. The molecule has 1 aliphatic heterocycles. The second-order valence-electron chi connectivity index (χ2n) is 2.54. The Balaban J connectivity index is 2.23. The van der Waals surface area contributed by atoms with Gasteiger partial charge in [0.05, 0.1) is 0 Å². The number of aliphatic imine (C=N–C) groups is 1. The van der Waals surface area contributed by atoms with Crippen LogP contribution in [0, 0.1) is 0 Å². The van der Waals surface area contributed by atoms with Crippen molar-refractivity contribution in [1.29, 1.82) is 0 Å². The van der Waals surface area contributed by atoms with Gasteiger partial charge in [-0.15, -0.1) is 0 Å². The predicted octanol–water partition coefficient (Wildman–Crippen LogP) is -0.360. The molecule has 0 saturated heterocycles. The monoisotopic (exact) mass is 290 g/mol. The van der Waals surface area contributed by atoms with Crippen molar-refractivity contribution >= 4 is 19.7 Å². The molecule has 0 bridgehead atoms. The number of para-hydroxylation sites is 1. The number of halogens is 1. The first-order chi connectivity index (χ1) is 5.90. The standard InChI is InChI=1S/C9H9INS/c1-10-12-9-6-7-4-2-3-5-8(7)11-9/h2-5H,6H2,1H3/q-1. The van der Waals surface area contributed by atoms with Gasteiger partial charge in [0.15, 0.2) is 0 Å². The van der Waals surface area contributed by atoms with Crippen molar-refractivity contribution < 1.29 is 19.8 Å². The molecule has 0 aliphatic carbocycles. The van der Waals surface area contributed by atoms with E-state index in [9.17, 15) is 0 Å². The van der Waals surface area contributed by atoms with Crippen LogP contribution in [0.15, 0.2) is 29.3 Å². The fourth-order valence-corrected chi connectivity index (χ4v) is 4.05. The molecule has 2 rings (SSSR count). The topological polar surface area (TPSA) is 12.4 Å². The molecule has 1 heterocycles. The molecule has 64 valence electrons. The normalized spacial score (nSPS) is 14.6. The van der Waals surface area contributed by atoms with E-state index in [1.807, 2.05) is 8.93 Å². The first kappa shape index (κ1) is 8.56. The quantitative estimate of drug-likeness (QED) is 0.508. The Morgan fingerprint density at radius 3 is 3.00 bits per heavy atom. The maximum atomic E-state index is 4.55. The van der Waals surface area contributed by atoms with E-state index in [0.717, 1.165) is 6.42 Å². The third-order valence-electron chi connectivity index (χ3n) is 1.74. The first-order valence-electron chi connectivity index (χ1n) is 3.72. The number of alkyl halides is 1. The minimum atomic E-state index is 0.276. The molecule has 0 unspecified atom stereocenters. The summed E-state index contributed by atoms with van der Waals surface area (Å²) in [7, 11) is 1.96. The van der Waals surface area contributed by atoms with E-state index in [-0.39, 0.29) is 19.8 Å². The van der Waals surface area contributed by atoms with Crippen molar-refractivity contribution in [3.05, 3.63) is 29.8 Å². The van der Waals surface area contributed by atoms with E-state index in [1.165, 1.54) is 16.3 Å². The zero-order chi connectivity index (χ0) is 8.39. The molecule has 1 aromatic rings. The number of hydrogen-bond acceptors (Lipinski definition) is 2. The fraction of sp³-hybridized carbons (Fsp3) is 0.222. The molecule has 1 nitrogen and oxygen atoms in total. The summed E-state index contributed by atoms with van der Waals surface area (Å²) in [6.07, 6.45) is 1.06. The van der Waals surface area contributed by atoms with Crippen LogP contribution in [0.25, 0.3) is 0 Å². The molecule has 12 heavy (non-hydrogen) atoms. The Morgan fingerprint density at radius 2 is 2.25 bits per heavy atom. The van der Waals surface area contributed by atoms with Gasteiger partial charge in [0.25, 0.3) is 0 Å². The number of rotatable bonds is 1. The molecule has 0 fully saturated rings. The summed E-state index contributed by atoms with van der Waals surface area (Å²) in [5, 5.41) is 1.31. The van der Waals surface area contributed by atoms with Crippen molar-refractivity contribution in [2.45, 2.75) is 6.42 Å². The predicted molar refractivity (Wildman–Crippen MR) is 50.8 cm³/mol. The number of benzene rings is 1. The van der Waals surface area contributed by atoms with Gasteiger partial charge in [0.1, 0.15) is 0 Å². The van der Waals surface area contributed by atoms with E-state index in [1.54, 1.807) is 0 Å². The van der Waals surface area contributed by atoms with Crippen LogP contribution in [-0.2, 0) is 6.42 Å². The summed E-state index contributed by atoms with van der Waals surface area (Å²) in [6.45, 7) is 0. The third-order valence-corrected chi connectivity index (χ3v) is 5.16. The average Bonchev–Trinajstić information content (AvgIpc) is 2.47. The second kappa shape index (κ2) is 3.79. The molecular weight excluding hydrogens is 281 g/mol. The van der Waals surface area contributed by atoms with E-state index in [0.29, 0.717) is 0 Å². The van der Waals surface area contributed by atoms with Crippen LogP contribution in [0.1, 0.15) is 5.56 Å². The Hall–Kier alpha value is -0.0300. The van der Waals surface area contributed by atoms with Gasteiger partial charge in [-0.25, -0.2) is 0 Å². The summed E-state index contributed by atoms with van der Waals surface area (Å²) in [6, 6.07) is 8.40. The van der Waals surface area contributed by atoms with Crippen LogP contribution in [0.2, 0.25) is 0 Å². The minimum absolute atomic E-state index is 0.276. The molecule has 1 aliphatic rings. The number of hydrogen-bond donors (Lipinski definition) is 0. The van der Waals surface area contributed by atoms with Crippen molar-refractivity contribution in [3.8, 4) is 0 Å². The van der Waals surface area contributed by atoms with Crippen LogP contribution in [0.3, 0.4) is 0 Å². The van der Waals surface area contributed by atoms with Gasteiger partial charge in [0, 0.05) is 0 Å². The second-order valence-corrected chi connectivity index (χ2v) is 7.44. The van der Waals surface area contributed by atoms with E-state index in [4.69, 9.17) is 0 Å². The van der Waals surface area contributed by atoms with Crippen LogP contribution in [-0.4, -0.2) is 9.97 Å². The molecular formula is C9H9INS-. The summed E-state index contributed by atoms with van der Waals surface area (Å²) >= 11 is 0.276. The molecule has 0 spiro atoms. The maximum absolute atomic E-state index is 4.55. The summed E-state index contributed by atoms with van der Waals surface area (Å²) in [5.41, 5.74) is 2.56. The first-order valence-corrected chi connectivity index (χ1v) is 9.23. The molecule has 0 radical (unpaired) electrons. The van der Waals surface area contributed by atoms with Gasteiger partial charge in [-0.3, -0.25) is 0 Å². The SMILES string of the molecule is C[I-]SC1=Nc2ccccc2C1. The van der Waals surface area contributed by atoms with Gasteiger partial charge < -0.3 is 0 Å².